The molecule has 0 fully saturated rings. The van der Waals surface area contributed by atoms with Crippen molar-refractivity contribution in [1.29, 1.82) is 0 Å². The number of nitrogens with one attached hydrogen (secondary N) is 1. The topological polar surface area (TPSA) is 55.1 Å². The number of aryl methyl sites for hydroxylation is 3. The van der Waals surface area contributed by atoms with Crippen LogP contribution >= 0.6 is 15.9 Å². The maximum Gasteiger partial charge on any atom is 0.255 e. The number of carbonyl (C=O) groups excluding carboxylic acids is 1. The summed E-state index contributed by atoms with van der Waals surface area (Å²) in [4.78, 5) is 12.4. The van der Waals surface area contributed by atoms with E-state index in [0.717, 1.165) is 26.9 Å². The molecule has 0 heterocycles. The highest BCUT2D eigenvalue weighted by molar-refractivity contribution is 9.10. The molecule has 2 aromatic carbocycles. The molecule has 0 aliphatic heterocycles. The number of benzene rings is 2. The van der Waals surface area contributed by atoms with E-state index in [1.807, 2.05) is 51.1 Å². The Morgan fingerprint density at radius 2 is 1.65 bits per heavy atom. The van der Waals surface area contributed by atoms with Crippen molar-refractivity contribution < 1.29 is 4.79 Å². The molecule has 104 valence electrons. The van der Waals surface area contributed by atoms with Gasteiger partial charge in [-0.3, -0.25) is 4.79 Å². The number of nitrogens with two attached hydrogens (primary N) is 1. The zero-order chi connectivity index (χ0) is 14.9. The zero-order valence-corrected chi connectivity index (χ0v) is 13.3. The first kappa shape index (κ1) is 14.6. The largest absolute Gasteiger partial charge is 0.399 e. The molecule has 0 radical (unpaired) electrons. The van der Waals surface area contributed by atoms with Gasteiger partial charge in [0.05, 0.1) is 0 Å². The molecule has 1 amide bonds. The molecular formula is C16H17BrN2O. The predicted molar refractivity (Wildman–Crippen MR) is 87.2 cm³/mol. The Morgan fingerprint density at radius 3 is 2.20 bits per heavy atom. The van der Waals surface area contributed by atoms with Gasteiger partial charge in [-0.05, 0) is 67.8 Å². The van der Waals surface area contributed by atoms with Gasteiger partial charge in [0, 0.05) is 21.4 Å². The van der Waals surface area contributed by atoms with Gasteiger partial charge < -0.3 is 11.1 Å². The zero-order valence-electron chi connectivity index (χ0n) is 11.8. The molecule has 20 heavy (non-hydrogen) atoms. The minimum absolute atomic E-state index is 0.106. The fraction of sp³-hybridized carbons (Fsp3) is 0.188. The summed E-state index contributed by atoms with van der Waals surface area (Å²) >= 11 is 3.40. The molecule has 0 aromatic heterocycles. The Bertz CT molecular complexity index is 657. The number of halogens is 1. The van der Waals surface area contributed by atoms with Crippen molar-refractivity contribution in [2.24, 2.45) is 0 Å². The first-order chi connectivity index (χ1) is 9.38. The van der Waals surface area contributed by atoms with Crippen molar-refractivity contribution in [2.45, 2.75) is 20.8 Å². The number of hydrogen-bond donors (Lipinski definition) is 2. The SMILES string of the molecule is Cc1cc(Br)ccc1C(=O)Nc1c(C)cc(N)cc1C. The van der Waals surface area contributed by atoms with E-state index in [1.54, 1.807) is 0 Å². The maximum absolute atomic E-state index is 12.4. The van der Waals surface area contributed by atoms with Gasteiger partial charge in [0.1, 0.15) is 0 Å². The average Bonchev–Trinajstić information content (AvgIpc) is 2.33. The van der Waals surface area contributed by atoms with E-state index in [1.165, 1.54) is 0 Å². The van der Waals surface area contributed by atoms with Crippen LogP contribution < -0.4 is 11.1 Å². The second-order valence-corrected chi connectivity index (χ2v) is 5.86. The van der Waals surface area contributed by atoms with Gasteiger partial charge in [0.15, 0.2) is 0 Å². The van der Waals surface area contributed by atoms with Crippen LogP contribution in [0.2, 0.25) is 0 Å². The summed E-state index contributed by atoms with van der Waals surface area (Å²) in [6, 6.07) is 9.33. The molecule has 0 bridgehead atoms. The van der Waals surface area contributed by atoms with Crippen LogP contribution in [0.4, 0.5) is 11.4 Å². The third kappa shape index (κ3) is 3.02. The lowest BCUT2D eigenvalue weighted by Crippen LogP contribution is -2.15. The van der Waals surface area contributed by atoms with E-state index in [-0.39, 0.29) is 5.91 Å². The molecule has 2 rings (SSSR count). The normalized spacial score (nSPS) is 10.4. The summed E-state index contributed by atoms with van der Waals surface area (Å²) in [5, 5.41) is 2.97. The highest BCUT2D eigenvalue weighted by Crippen LogP contribution is 2.25. The Labute approximate surface area is 127 Å². The molecule has 0 unspecified atom stereocenters. The summed E-state index contributed by atoms with van der Waals surface area (Å²) in [5.41, 5.74) is 10.9. The molecule has 3 nitrogen and oxygen atoms in total. The molecule has 3 N–H and O–H groups in total. The summed E-state index contributed by atoms with van der Waals surface area (Å²) in [6.45, 7) is 5.79. The lowest BCUT2D eigenvalue weighted by molar-refractivity contribution is 0.102. The third-order valence-electron chi connectivity index (χ3n) is 3.23. The molecule has 0 atom stereocenters. The van der Waals surface area contributed by atoms with Crippen molar-refractivity contribution in [3.8, 4) is 0 Å². The first-order valence-corrected chi connectivity index (χ1v) is 7.12. The van der Waals surface area contributed by atoms with Crippen molar-refractivity contribution in [2.75, 3.05) is 11.1 Å². The Balaban J connectivity index is 2.33. The van der Waals surface area contributed by atoms with E-state index in [0.29, 0.717) is 11.3 Å². The summed E-state index contributed by atoms with van der Waals surface area (Å²) in [5.74, 6) is -0.106. The van der Waals surface area contributed by atoms with Crippen molar-refractivity contribution in [3.63, 3.8) is 0 Å². The van der Waals surface area contributed by atoms with E-state index >= 15 is 0 Å². The van der Waals surface area contributed by atoms with E-state index in [4.69, 9.17) is 5.73 Å². The van der Waals surface area contributed by atoms with Gasteiger partial charge in [0.2, 0.25) is 0 Å². The number of rotatable bonds is 2. The number of carbonyl (C=O) groups is 1. The van der Waals surface area contributed by atoms with Gasteiger partial charge in [-0.2, -0.15) is 0 Å². The Morgan fingerprint density at radius 1 is 1.05 bits per heavy atom. The smallest absolute Gasteiger partial charge is 0.255 e. The number of nitrogen functional groups attached to an aromatic ring is 1. The maximum atomic E-state index is 12.4. The minimum Gasteiger partial charge on any atom is -0.399 e. The molecule has 0 aliphatic rings. The fourth-order valence-electron chi connectivity index (χ4n) is 2.26. The second-order valence-electron chi connectivity index (χ2n) is 4.94. The Hall–Kier alpha value is -1.81. The highest BCUT2D eigenvalue weighted by atomic mass is 79.9. The number of amides is 1. The van der Waals surface area contributed by atoms with Crippen molar-refractivity contribution >= 4 is 33.2 Å². The summed E-state index contributed by atoms with van der Waals surface area (Å²) < 4.78 is 0.964. The van der Waals surface area contributed by atoms with Crippen LogP contribution in [-0.2, 0) is 0 Å². The van der Waals surface area contributed by atoms with Crippen LogP contribution in [0.3, 0.4) is 0 Å². The van der Waals surface area contributed by atoms with E-state index in [9.17, 15) is 4.79 Å². The lowest BCUT2D eigenvalue weighted by atomic mass is 10.1. The highest BCUT2D eigenvalue weighted by Gasteiger charge is 2.12. The number of hydrogen-bond acceptors (Lipinski definition) is 2. The fourth-order valence-corrected chi connectivity index (χ4v) is 2.73. The van der Waals surface area contributed by atoms with E-state index < -0.39 is 0 Å². The molecule has 0 saturated heterocycles. The van der Waals surface area contributed by atoms with Gasteiger partial charge in [-0.1, -0.05) is 15.9 Å². The lowest BCUT2D eigenvalue weighted by Gasteiger charge is -2.13. The van der Waals surface area contributed by atoms with Crippen LogP contribution in [-0.4, -0.2) is 5.91 Å². The molecular weight excluding hydrogens is 316 g/mol. The monoisotopic (exact) mass is 332 g/mol. The molecule has 2 aromatic rings. The van der Waals surface area contributed by atoms with Crippen LogP contribution in [0.1, 0.15) is 27.0 Å². The number of anilines is 2. The van der Waals surface area contributed by atoms with Gasteiger partial charge in [-0.15, -0.1) is 0 Å². The van der Waals surface area contributed by atoms with Crippen molar-refractivity contribution in [3.05, 3.63) is 57.1 Å². The quantitative estimate of drug-likeness (QED) is 0.809. The Kier molecular flexibility index (Phi) is 4.14. The summed E-state index contributed by atoms with van der Waals surface area (Å²) in [7, 11) is 0. The van der Waals surface area contributed by atoms with Gasteiger partial charge >= 0.3 is 0 Å². The molecule has 0 spiro atoms. The summed E-state index contributed by atoms with van der Waals surface area (Å²) in [6.07, 6.45) is 0. The average molecular weight is 333 g/mol. The minimum atomic E-state index is -0.106. The molecule has 0 saturated carbocycles. The second kappa shape index (κ2) is 5.67. The van der Waals surface area contributed by atoms with Crippen LogP contribution in [0.15, 0.2) is 34.8 Å². The first-order valence-electron chi connectivity index (χ1n) is 6.32. The van der Waals surface area contributed by atoms with Crippen LogP contribution in [0, 0.1) is 20.8 Å². The van der Waals surface area contributed by atoms with Crippen LogP contribution in [0.25, 0.3) is 0 Å². The van der Waals surface area contributed by atoms with Gasteiger partial charge in [0.25, 0.3) is 5.91 Å². The molecule has 4 heteroatoms. The predicted octanol–water partition coefficient (Wildman–Crippen LogP) is 4.21. The standard InChI is InChI=1S/C16H17BrN2O/c1-9-6-12(17)4-5-14(9)16(20)19-15-10(2)7-13(18)8-11(15)3/h4-8H,18H2,1-3H3,(H,19,20). The molecule has 0 aliphatic carbocycles. The van der Waals surface area contributed by atoms with Crippen LogP contribution in [0.5, 0.6) is 0 Å². The third-order valence-corrected chi connectivity index (χ3v) is 3.72. The van der Waals surface area contributed by atoms with Crippen molar-refractivity contribution in [1.82, 2.24) is 0 Å². The van der Waals surface area contributed by atoms with E-state index in [2.05, 4.69) is 21.2 Å². The van der Waals surface area contributed by atoms with Gasteiger partial charge in [-0.25, -0.2) is 0 Å².